The molecule has 9 heteroatoms. The van der Waals surface area contributed by atoms with Gasteiger partial charge >= 0.3 is 0 Å². The molecule has 4 rings (SSSR count). The van der Waals surface area contributed by atoms with Gasteiger partial charge in [0.1, 0.15) is 11.0 Å². The number of sulfonamides is 1. The standard InChI is InChI=1S/C19H17N5O3S/c20-13-16-7-6-15(12-17(16)28(25,26)24-8-10-27-11-9-24)19-21-18(22-23-19)14-4-2-1-3-5-14/h1-7,12H,8-11H2,(H,21,22,23). The number of nitriles is 1. The highest BCUT2D eigenvalue weighted by atomic mass is 32.2. The van der Waals surface area contributed by atoms with Gasteiger partial charge in [0, 0.05) is 24.2 Å². The summed E-state index contributed by atoms with van der Waals surface area (Å²) in [6.45, 7) is 1.20. The maximum Gasteiger partial charge on any atom is 0.244 e. The zero-order valence-electron chi connectivity index (χ0n) is 14.9. The summed E-state index contributed by atoms with van der Waals surface area (Å²) in [6, 6.07) is 16.1. The zero-order valence-corrected chi connectivity index (χ0v) is 15.7. The van der Waals surface area contributed by atoms with E-state index < -0.39 is 10.0 Å². The van der Waals surface area contributed by atoms with Crippen molar-refractivity contribution in [3.8, 4) is 28.8 Å². The molecule has 1 aliphatic rings. The molecule has 0 saturated carbocycles. The predicted molar refractivity (Wildman–Crippen MR) is 102 cm³/mol. The number of nitrogens with one attached hydrogen (secondary N) is 1. The number of aromatic amines is 1. The third-order valence-electron chi connectivity index (χ3n) is 4.50. The summed E-state index contributed by atoms with van der Waals surface area (Å²) in [4.78, 5) is 3.07. The molecule has 1 aromatic heterocycles. The first-order valence-electron chi connectivity index (χ1n) is 8.70. The Morgan fingerprint density at radius 2 is 1.68 bits per heavy atom. The number of aromatic nitrogens is 3. The number of hydrogen-bond donors (Lipinski definition) is 1. The van der Waals surface area contributed by atoms with Crippen LogP contribution in [0, 0.1) is 11.3 Å². The first-order valence-corrected chi connectivity index (χ1v) is 10.1. The molecule has 0 atom stereocenters. The molecule has 2 aromatic carbocycles. The van der Waals surface area contributed by atoms with Crippen LogP contribution in [0.5, 0.6) is 0 Å². The lowest BCUT2D eigenvalue weighted by atomic mass is 10.1. The quantitative estimate of drug-likeness (QED) is 0.723. The molecule has 28 heavy (non-hydrogen) atoms. The van der Waals surface area contributed by atoms with Gasteiger partial charge in [0.2, 0.25) is 10.0 Å². The van der Waals surface area contributed by atoms with Crippen LogP contribution in [0.15, 0.2) is 53.4 Å². The molecule has 0 bridgehead atoms. The van der Waals surface area contributed by atoms with E-state index in [1.165, 1.54) is 16.4 Å². The summed E-state index contributed by atoms with van der Waals surface area (Å²) in [5.41, 5.74) is 1.51. The van der Waals surface area contributed by atoms with Crippen LogP contribution in [0.25, 0.3) is 22.8 Å². The van der Waals surface area contributed by atoms with E-state index >= 15 is 0 Å². The van der Waals surface area contributed by atoms with Gasteiger partial charge in [0.15, 0.2) is 11.6 Å². The van der Waals surface area contributed by atoms with Gasteiger partial charge in [0.25, 0.3) is 0 Å². The van der Waals surface area contributed by atoms with Crippen LogP contribution >= 0.6 is 0 Å². The fourth-order valence-corrected chi connectivity index (χ4v) is 4.59. The van der Waals surface area contributed by atoms with Gasteiger partial charge in [-0.3, -0.25) is 0 Å². The van der Waals surface area contributed by atoms with Crippen LogP contribution in [0.1, 0.15) is 5.56 Å². The maximum absolute atomic E-state index is 13.1. The van der Waals surface area contributed by atoms with Gasteiger partial charge < -0.3 is 9.72 Å². The molecule has 1 saturated heterocycles. The average Bonchev–Trinajstić information content (AvgIpc) is 3.25. The number of hydrogen-bond acceptors (Lipinski definition) is 6. The minimum Gasteiger partial charge on any atom is -0.379 e. The number of morpholine rings is 1. The first-order chi connectivity index (χ1) is 13.6. The Labute approximate surface area is 162 Å². The Kier molecular flexibility index (Phi) is 4.92. The number of nitrogens with zero attached hydrogens (tertiary/aromatic N) is 4. The highest BCUT2D eigenvalue weighted by molar-refractivity contribution is 7.89. The number of H-pyrrole nitrogens is 1. The Balaban J connectivity index is 1.74. The van der Waals surface area contributed by atoms with E-state index in [9.17, 15) is 13.7 Å². The fourth-order valence-electron chi connectivity index (χ4n) is 3.02. The van der Waals surface area contributed by atoms with Crippen molar-refractivity contribution in [1.82, 2.24) is 19.5 Å². The van der Waals surface area contributed by atoms with Crippen LogP contribution in [0.3, 0.4) is 0 Å². The third-order valence-corrected chi connectivity index (χ3v) is 6.44. The molecule has 1 aliphatic heterocycles. The van der Waals surface area contributed by atoms with Crippen molar-refractivity contribution in [3.63, 3.8) is 0 Å². The van der Waals surface area contributed by atoms with E-state index in [0.717, 1.165) is 5.56 Å². The van der Waals surface area contributed by atoms with Crippen molar-refractivity contribution in [2.75, 3.05) is 26.3 Å². The maximum atomic E-state index is 13.1. The molecule has 1 fully saturated rings. The summed E-state index contributed by atoms with van der Waals surface area (Å²) in [6.07, 6.45) is 0. The molecule has 0 aliphatic carbocycles. The second kappa shape index (κ2) is 7.52. The second-order valence-electron chi connectivity index (χ2n) is 6.23. The van der Waals surface area contributed by atoms with Crippen molar-refractivity contribution in [2.45, 2.75) is 4.90 Å². The predicted octanol–water partition coefficient (Wildman–Crippen LogP) is 2.03. The lowest BCUT2D eigenvalue weighted by molar-refractivity contribution is 0.0730. The number of rotatable bonds is 4. The molecular weight excluding hydrogens is 378 g/mol. The second-order valence-corrected chi connectivity index (χ2v) is 8.13. The van der Waals surface area contributed by atoms with Crippen molar-refractivity contribution in [1.29, 1.82) is 5.26 Å². The largest absolute Gasteiger partial charge is 0.379 e. The van der Waals surface area contributed by atoms with Gasteiger partial charge in [-0.1, -0.05) is 30.3 Å². The summed E-state index contributed by atoms with van der Waals surface area (Å²) < 4.78 is 32.7. The number of benzene rings is 2. The molecule has 0 spiro atoms. The Bertz CT molecular complexity index is 1130. The van der Waals surface area contributed by atoms with E-state index in [1.54, 1.807) is 6.07 Å². The normalized spacial score (nSPS) is 15.2. The minimum atomic E-state index is -3.81. The van der Waals surface area contributed by atoms with Crippen molar-refractivity contribution >= 4 is 10.0 Å². The van der Waals surface area contributed by atoms with Crippen LogP contribution in [0.4, 0.5) is 0 Å². The lowest BCUT2D eigenvalue weighted by Crippen LogP contribution is -2.40. The molecule has 0 unspecified atom stereocenters. The van der Waals surface area contributed by atoms with Crippen molar-refractivity contribution in [2.24, 2.45) is 0 Å². The van der Waals surface area contributed by atoms with Gasteiger partial charge in [-0.2, -0.15) is 9.57 Å². The molecule has 2 heterocycles. The SMILES string of the molecule is N#Cc1ccc(-c2nnc(-c3ccccc3)[nH]2)cc1S(=O)(=O)N1CCOCC1. The highest BCUT2D eigenvalue weighted by Gasteiger charge is 2.29. The van der Waals surface area contributed by atoms with Gasteiger partial charge in [-0.15, -0.1) is 10.2 Å². The minimum absolute atomic E-state index is 0.0351. The van der Waals surface area contributed by atoms with E-state index in [-0.39, 0.29) is 23.5 Å². The zero-order chi connectivity index (χ0) is 19.6. The summed E-state index contributed by atoms with van der Waals surface area (Å²) in [7, 11) is -3.81. The molecule has 142 valence electrons. The molecule has 3 aromatic rings. The van der Waals surface area contributed by atoms with Crippen LogP contribution in [-0.2, 0) is 14.8 Å². The van der Waals surface area contributed by atoms with Gasteiger partial charge in [-0.05, 0) is 18.2 Å². The Morgan fingerprint density at radius 3 is 2.36 bits per heavy atom. The average molecular weight is 395 g/mol. The number of ether oxygens (including phenoxy) is 1. The van der Waals surface area contributed by atoms with E-state index in [0.29, 0.717) is 30.4 Å². The summed E-state index contributed by atoms with van der Waals surface area (Å²) >= 11 is 0. The van der Waals surface area contributed by atoms with E-state index in [1.807, 2.05) is 36.4 Å². The lowest BCUT2D eigenvalue weighted by Gasteiger charge is -2.26. The Morgan fingerprint density at radius 1 is 1.00 bits per heavy atom. The molecule has 0 radical (unpaired) electrons. The van der Waals surface area contributed by atoms with E-state index in [2.05, 4.69) is 15.2 Å². The third kappa shape index (κ3) is 3.41. The van der Waals surface area contributed by atoms with Crippen LogP contribution in [-0.4, -0.2) is 54.2 Å². The Hall–Kier alpha value is -3.06. The molecule has 1 N–H and O–H groups in total. The smallest absolute Gasteiger partial charge is 0.244 e. The molecular formula is C19H17N5O3S. The molecule has 0 amide bonds. The monoisotopic (exact) mass is 395 g/mol. The van der Waals surface area contributed by atoms with Crippen LogP contribution < -0.4 is 0 Å². The topological polar surface area (TPSA) is 112 Å². The van der Waals surface area contributed by atoms with Crippen molar-refractivity contribution < 1.29 is 13.2 Å². The first kappa shape index (κ1) is 18.3. The fraction of sp³-hybridized carbons (Fsp3) is 0.211. The van der Waals surface area contributed by atoms with Gasteiger partial charge in [-0.25, -0.2) is 8.42 Å². The van der Waals surface area contributed by atoms with E-state index in [4.69, 9.17) is 4.74 Å². The van der Waals surface area contributed by atoms with Gasteiger partial charge in [0.05, 0.1) is 18.8 Å². The summed E-state index contributed by atoms with van der Waals surface area (Å²) in [5.74, 6) is 1.01. The van der Waals surface area contributed by atoms with Crippen molar-refractivity contribution in [3.05, 3.63) is 54.1 Å². The highest BCUT2D eigenvalue weighted by Crippen LogP contribution is 2.27. The van der Waals surface area contributed by atoms with Crippen LogP contribution in [0.2, 0.25) is 0 Å². The summed E-state index contributed by atoms with van der Waals surface area (Å²) in [5, 5.41) is 17.7. The molecule has 8 nitrogen and oxygen atoms in total.